The molecule has 1 aromatic carbocycles. The van der Waals surface area contributed by atoms with Gasteiger partial charge in [-0.2, -0.15) is 0 Å². The van der Waals surface area contributed by atoms with E-state index in [4.69, 9.17) is 0 Å². The van der Waals surface area contributed by atoms with Crippen LogP contribution in [-0.4, -0.2) is 10.5 Å². The number of hydrogen-bond donors (Lipinski definition) is 0. The average Bonchev–Trinajstić information content (AvgIpc) is 2.31. The van der Waals surface area contributed by atoms with Gasteiger partial charge in [-0.1, -0.05) is 0 Å². The Bertz CT molecular complexity index is 529. The molecule has 94 valence electrons. The summed E-state index contributed by atoms with van der Waals surface area (Å²) in [6.07, 6.45) is 2.36. The lowest BCUT2D eigenvalue weighted by atomic mass is 10.1. The van der Waals surface area contributed by atoms with Gasteiger partial charge in [-0.25, -0.2) is 17.6 Å². The van der Waals surface area contributed by atoms with Crippen LogP contribution in [-0.2, 0) is 0 Å². The highest BCUT2D eigenvalue weighted by atomic mass is 32.2. The topological polar surface area (TPSA) is 0 Å². The van der Waals surface area contributed by atoms with Gasteiger partial charge in [-0.15, -0.1) is 23.5 Å². The van der Waals surface area contributed by atoms with Crippen LogP contribution in [0.2, 0.25) is 0 Å². The van der Waals surface area contributed by atoms with Gasteiger partial charge in [0.25, 0.3) is 0 Å². The average molecular weight is 290 g/mol. The predicted molar refractivity (Wildman–Crippen MR) is 64.0 cm³/mol. The van der Waals surface area contributed by atoms with Gasteiger partial charge in [0.15, 0.2) is 23.3 Å². The molecule has 18 heavy (non-hydrogen) atoms. The molecule has 0 saturated carbocycles. The molecular formula is C12H6F4S2. The van der Waals surface area contributed by atoms with Crippen LogP contribution >= 0.6 is 23.5 Å². The van der Waals surface area contributed by atoms with E-state index in [2.05, 4.69) is 0 Å². The van der Waals surface area contributed by atoms with Gasteiger partial charge >= 0.3 is 0 Å². The molecule has 0 radical (unpaired) electrons. The first-order valence-corrected chi connectivity index (χ1v) is 6.88. The zero-order valence-corrected chi connectivity index (χ0v) is 10.4. The van der Waals surface area contributed by atoms with Crippen LogP contribution in [0.4, 0.5) is 17.6 Å². The molecule has 2 atom stereocenters. The summed E-state index contributed by atoms with van der Waals surface area (Å²) in [5.74, 6) is -3.64. The minimum absolute atomic E-state index is 0.299. The van der Waals surface area contributed by atoms with E-state index in [1.165, 1.54) is 35.7 Å². The lowest BCUT2D eigenvalue weighted by Crippen LogP contribution is -2.22. The fourth-order valence-corrected chi connectivity index (χ4v) is 4.53. The summed E-state index contributed by atoms with van der Waals surface area (Å²) in [5.41, 5.74) is 0. The van der Waals surface area contributed by atoms with Crippen LogP contribution in [0, 0.1) is 11.6 Å². The highest BCUT2D eigenvalue weighted by Gasteiger charge is 2.32. The molecule has 0 spiro atoms. The molecule has 1 aromatic rings. The van der Waals surface area contributed by atoms with Crippen LogP contribution in [0.1, 0.15) is 0 Å². The van der Waals surface area contributed by atoms with Crippen molar-refractivity contribution < 1.29 is 17.6 Å². The van der Waals surface area contributed by atoms with Crippen LogP contribution < -0.4 is 0 Å². The number of halogens is 4. The van der Waals surface area contributed by atoms with Gasteiger partial charge < -0.3 is 0 Å². The van der Waals surface area contributed by atoms with Crippen molar-refractivity contribution in [2.45, 2.75) is 20.3 Å². The second kappa shape index (κ2) is 4.35. The normalized spacial score (nSPS) is 26.0. The summed E-state index contributed by atoms with van der Waals surface area (Å²) in [6.45, 7) is 0. The summed E-state index contributed by atoms with van der Waals surface area (Å²) in [6, 6.07) is 2.19. The summed E-state index contributed by atoms with van der Waals surface area (Å²) in [4.78, 5) is 1.11. The molecule has 0 aromatic heterocycles. The van der Waals surface area contributed by atoms with E-state index in [0.29, 0.717) is 9.79 Å². The lowest BCUT2D eigenvalue weighted by Gasteiger charge is -2.30. The molecular weight excluding hydrogens is 284 g/mol. The first kappa shape index (κ1) is 12.2. The summed E-state index contributed by atoms with van der Waals surface area (Å²) < 4.78 is 52.5. The third kappa shape index (κ3) is 1.97. The molecule has 3 rings (SSSR count). The number of allylic oxidation sites excluding steroid dienone is 2. The van der Waals surface area contributed by atoms with Crippen molar-refractivity contribution in [2.75, 3.05) is 0 Å². The Hall–Kier alpha value is -0.880. The van der Waals surface area contributed by atoms with Gasteiger partial charge in [0.05, 0.1) is 0 Å². The SMILES string of the molecule is FC1=CC2Sc3cc(F)c(F)cc3SC2C=C1F. The van der Waals surface area contributed by atoms with E-state index in [0.717, 1.165) is 12.1 Å². The quantitative estimate of drug-likeness (QED) is 0.639. The van der Waals surface area contributed by atoms with E-state index < -0.39 is 23.3 Å². The summed E-state index contributed by atoms with van der Waals surface area (Å²) in [5, 5.41) is -0.598. The van der Waals surface area contributed by atoms with Crippen molar-refractivity contribution in [2.24, 2.45) is 0 Å². The largest absolute Gasteiger partial charge is 0.204 e. The van der Waals surface area contributed by atoms with Crippen molar-refractivity contribution in [3.8, 4) is 0 Å². The smallest absolute Gasteiger partial charge is 0.160 e. The highest BCUT2D eigenvalue weighted by molar-refractivity contribution is 8.06. The Morgan fingerprint density at radius 2 is 1.11 bits per heavy atom. The molecule has 1 heterocycles. The Morgan fingerprint density at radius 1 is 0.722 bits per heavy atom. The molecule has 2 unspecified atom stereocenters. The van der Waals surface area contributed by atoms with Gasteiger partial charge in [0.2, 0.25) is 0 Å². The zero-order chi connectivity index (χ0) is 12.9. The fourth-order valence-electron chi connectivity index (χ4n) is 1.83. The molecule has 0 amide bonds. The minimum atomic E-state index is -0.928. The predicted octanol–water partition coefficient (Wildman–Crippen LogP) is 4.62. The first-order valence-electron chi connectivity index (χ1n) is 5.12. The summed E-state index contributed by atoms with van der Waals surface area (Å²) in [7, 11) is 0. The second-order valence-corrected chi connectivity index (χ2v) is 6.35. The third-order valence-corrected chi connectivity index (χ3v) is 5.57. The third-order valence-electron chi connectivity index (χ3n) is 2.69. The van der Waals surface area contributed by atoms with Crippen LogP contribution in [0.15, 0.2) is 45.7 Å². The second-order valence-electron chi connectivity index (χ2n) is 3.91. The van der Waals surface area contributed by atoms with Gasteiger partial charge in [0, 0.05) is 20.3 Å². The molecule has 2 aliphatic rings. The Balaban J connectivity index is 2.01. The van der Waals surface area contributed by atoms with Crippen LogP contribution in [0.25, 0.3) is 0 Å². The Morgan fingerprint density at radius 3 is 1.50 bits per heavy atom. The number of thioether (sulfide) groups is 2. The first-order chi connectivity index (χ1) is 8.54. The molecule has 0 fully saturated rings. The number of fused-ring (bicyclic) bond motifs is 2. The summed E-state index contributed by atoms with van der Waals surface area (Å²) >= 11 is 2.43. The number of benzene rings is 1. The van der Waals surface area contributed by atoms with Crippen molar-refractivity contribution in [3.63, 3.8) is 0 Å². The van der Waals surface area contributed by atoms with Crippen LogP contribution in [0.3, 0.4) is 0 Å². The van der Waals surface area contributed by atoms with Crippen molar-refractivity contribution in [1.29, 1.82) is 0 Å². The van der Waals surface area contributed by atoms with Gasteiger partial charge in [0.1, 0.15) is 0 Å². The van der Waals surface area contributed by atoms with Crippen molar-refractivity contribution >= 4 is 23.5 Å². The van der Waals surface area contributed by atoms with E-state index in [9.17, 15) is 17.6 Å². The monoisotopic (exact) mass is 290 g/mol. The number of rotatable bonds is 0. The van der Waals surface area contributed by atoms with E-state index in [-0.39, 0.29) is 10.5 Å². The highest BCUT2D eigenvalue weighted by Crippen LogP contribution is 2.49. The van der Waals surface area contributed by atoms with Crippen molar-refractivity contribution in [3.05, 3.63) is 47.6 Å². The van der Waals surface area contributed by atoms with Gasteiger partial charge in [-0.05, 0) is 24.3 Å². The fraction of sp³-hybridized carbons (Fsp3) is 0.167. The standard InChI is InChI=1S/C12H6F4S2/c13-5-1-9-10(2-6(5)14)18-12-4-8(16)7(15)3-11(12)17-9/h1-4,9-10H. The Kier molecular flexibility index (Phi) is 2.94. The lowest BCUT2D eigenvalue weighted by molar-refractivity contribution is 0.501. The van der Waals surface area contributed by atoms with Crippen molar-refractivity contribution in [1.82, 2.24) is 0 Å². The minimum Gasteiger partial charge on any atom is -0.204 e. The molecule has 0 bridgehead atoms. The molecule has 1 aliphatic heterocycles. The molecule has 1 aliphatic carbocycles. The van der Waals surface area contributed by atoms with E-state index in [1.54, 1.807) is 0 Å². The maximum absolute atomic E-state index is 13.1. The van der Waals surface area contributed by atoms with Crippen LogP contribution in [0.5, 0.6) is 0 Å². The van der Waals surface area contributed by atoms with E-state index in [1.807, 2.05) is 0 Å². The van der Waals surface area contributed by atoms with Gasteiger partial charge in [-0.3, -0.25) is 0 Å². The Labute approximate surface area is 109 Å². The number of hydrogen-bond acceptors (Lipinski definition) is 2. The maximum atomic E-state index is 13.1. The molecule has 0 N–H and O–H groups in total. The van der Waals surface area contributed by atoms with E-state index >= 15 is 0 Å². The maximum Gasteiger partial charge on any atom is 0.160 e. The molecule has 6 heteroatoms. The molecule has 0 saturated heterocycles. The molecule has 0 nitrogen and oxygen atoms in total. The zero-order valence-electron chi connectivity index (χ0n) is 8.79.